The van der Waals surface area contributed by atoms with Gasteiger partial charge in [0.2, 0.25) is 11.8 Å². The highest BCUT2D eigenvalue weighted by atomic mass is 35.5. The Labute approximate surface area is 175 Å². The summed E-state index contributed by atoms with van der Waals surface area (Å²) in [6.07, 6.45) is 0.599. The van der Waals surface area contributed by atoms with Crippen molar-refractivity contribution in [1.29, 1.82) is 0 Å². The standard InChI is InChI=1S/C24H21ClN2O2/c25-20-10-12-22(13-11-20)27-16-21(15-24(27)29)26-23(28)14-17-6-8-19(9-7-17)18-4-2-1-3-5-18/h1-13,21H,14-16H2,(H,26,28). The molecule has 0 spiro atoms. The van der Waals surface area contributed by atoms with Crippen molar-refractivity contribution in [2.75, 3.05) is 11.4 Å². The van der Waals surface area contributed by atoms with Gasteiger partial charge in [-0.15, -0.1) is 0 Å². The minimum absolute atomic E-state index is 0.00448. The summed E-state index contributed by atoms with van der Waals surface area (Å²) in [7, 11) is 0. The van der Waals surface area contributed by atoms with Gasteiger partial charge in [-0.05, 0) is 41.0 Å². The van der Waals surface area contributed by atoms with Gasteiger partial charge >= 0.3 is 0 Å². The van der Waals surface area contributed by atoms with Crippen molar-refractivity contribution in [3.8, 4) is 11.1 Å². The number of halogens is 1. The minimum atomic E-state index is -0.186. The Balaban J connectivity index is 1.34. The molecule has 0 aromatic heterocycles. The van der Waals surface area contributed by atoms with Crippen molar-refractivity contribution in [3.63, 3.8) is 0 Å². The number of rotatable bonds is 5. The summed E-state index contributed by atoms with van der Waals surface area (Å²) in [5.41, 5.74) is 4.01. The maximum Gasteiger partial charge on any atom is 0.229 e. The van der Waals surface area contributed by atoms with Crippen LogP contribution in [0.2, 0.25) is 5.02 Å². The fourth-order valence-electron chi connectivity index (χ4n) is 3.58. The molecular weight excluding hydrogens is 384 g/mol. The normalized spacial score (nSPS) is 16.1. The Morgan fingerprint density at radius 3 is 2.28 bits per heavy atom. The number of anilines is 1. The zero-order chi connectivity index (χ0) is 20.2. The van der Waals surface area contributed by atoms with Gasteiger partial charge in [-0.25, -0.2) is 0 Å². The van der Waals surface area contributed by atoms with Gasteiger partial charge in [-0.3, -0.25) is 9.59 Å². The molecule has 1 atom stereocenters. The number of benzene rings is 3. The lowest BCUT2D eigenvalue weighted by Crippen LogP contribution is -2.38. The highest BCUT2D eigenvalue weighted by Gasteiger charge is 2.31. The molecule has 0 saturated carbocycles. The highest BCUT2D eigenvalue weighted by Crippen LogP contribution is 2.24. The average Bonchev–Trinajstić information content (AvgIpc) is 3.09. The molecule has 1 aliphatic rings. The number of amides is 2. The molecule has 0 aliphatic carbocycles. The predicted octanol–water partition coefficient (Wildman–Crippen LogP) is 4.47. The van der Waals surface area contributed by atoms with Crippen molar-refractivity contribution in [1.82, 2.24) is 5.32 Å². The Hall–Kier alpha value is -3.11. The second-order valence-corrected chi connectivity index (χ2v) is 7.63. The molecule has 146 valence electrons. The molecule has 1 aliphatic heterocycles. The van der Waals surface area contributed by atoms with Crippen LogP contribution < -0.4 is 10.2 Å². The molecule has 1 heterocycles. The first-order valence-corrected chi connectivity index (χ1v) is 9.96. The molecule has 3 aromatic carbocycles. The Bertz CT molecular complexity index is 1000. The Kier molecular flexibility index (Phi) is 5.63. The van der Waals surface area contributed by atoms with E-state index in [1.807, 2.05) is 54.6 Å². The Morgan fingerprint density at radius 1 is 0.931 bits per heavy atom. The van der Waals surface area contributed by atoms with Crippen molar-refractivity contribution >= 4 is 29.1 Å². The molecule has 2 amide bonds. The van der Waals surface area contributed by atoms with Crippen LogP contribution in [-0.4, -0.2) is 24.4 Å². The van der Waals surface area contributed by atoms with E-state index in [4.69, 9.17) is 11.6 Å². The summed E-state index contributed by atoms with van der Waals surface area (Å²) in [5.74, 6) is -0.0712. The van der Waals surface area contributed by atoms with Crippen molar-refractivity contribution in [2.24, 2.45) is 0 Å². The molecule has 4 rings (SSSR count). The van der Waals surface area contributed by atoms with Gasteiger partial charge in [-0.1, -0.05) is 66.2 Å². The van der Waals surface area contributed by atoms with Crippen LogP contribution in [0.3, 0.4) is 0 Å². The van der Waals surface area contributed by atoms with Gasteiger partial charge in [0, 0.05) is 23.7 Å². The van der Waals surface area contributed by atoms with Crippen LogP contribution in [0.15, 0.2) is 78.9 Å². The zero-order valence-corrected chi connectivity index (χ0v) is 16.6. The van der Waals surface area contributed by atoms with Crippen LogP contribution in [0.5, 0.6) is 0 Å². The van der Waals surface area contributed by atoms with E-state index in [-0.39, 0.29) is 17.9 Å². The number of hydrogen-bond donors (Lipinski definition) is 1. The molecule has 3 aromatic rings. The van der Waals surface area contributed by atoms with E-state index in [0.29, 0.717) is 24.4 Å². The van der Waals surface area contributed by atoms with E-state index < -0.39 is 0 Å². The maximum absolute atomic E-state index is 12.5. The van der Waals surface area contributed by atoms with Crippen LogP contribution in [0.1, 0.15) is 12.0 Å². The van der Waals surface area contributed by atoms with E-state index in [9.17, 15) is 9.59 Å². The summed E-state index contributed by atoms with van der Waals surface area (Å²) in [5, 5.41) is 3.62. The lowest BCUT2D eigenvalue weighted by Gasteiger charge is -2.17. The molecule has 0 bridgehead atoms. The quantitative estimate of drug-likeness (QED) is 0.682. The van der Waals surface area contributed by atoms with E-state index >= 15 is 0 Å². The van der Waals surface area contributed by atoms with Crippen LogP contribution in [0, 0.1) is 0 Å². The molecule has 1 saturated heterocycles. The van der Waals surface area contributed by atoms with Crippen LogP contribution in [0.25, 0.3) is 11.1 Å². The molecule has 1 fully saturated rings. The van der Waals surface area contributed by atoms with Crippen molar-refractivity contribution in [2.45, 2.75) is 18.9 Å². The average molecular weight is 405 g/mol. The number of nitrogens with zero attached hydrogens (tertiary/aromatic N) is 1. The van der Waals surface area contributed by atoms with Crippen LogP contribution in [0.4, 0.5) is 5.69 Å². The highest BCUT2D eigenvalue weighted by molar-refractivity contribution is 6.30. The van der Waals surface area contributed by atoms with Crippen molar-refractivity contribution in [3.05, 3.63) is 89.4 Å². The molecule has 1 unspecified atom stereocenters. The largest absolute Gasteiger partial charge is 0.351 e. The first-order valence-electron chi connectivity index (χ1n) is 9.58. The summed E-state index contributed by atoms with van der Waals surface area (Å²) >= 11 is 5.91. The van der Waals surface area contributed by atoms with Crippen LogP contribution >= 0.6 is 11.6 Å². The van der Waals surface area contributed by atoms with Crippen LogP contribution in [-0.2, 0) is 16.0 Å². The molecule has 4 nitrogen and oxygen atoms in total. The molecule has 0 radical (unpaired) electrons. The molecule has 29 heavy (non-hydrogen) atoms. The first-order chi connectivity index (χ1) is 14.1. The van der Waals surface area contributed by atoms with E-state index in [2.05, 4.69) is 17.4 Å². The lowest BCUT2D eigenvalue weighted by molar-refractivity contribution is -0.121. The van der Waals surface area contributed by atoms with Gasteiger partial charge < -0.3 is 10.2 Å². The fourth-order valence-corrected chi connectivity index (χ4v) is 3.71. The topological polar surface area (TPSA) is 49.4 Å². The van der Waals surface area contributed by atoms with Crippen molar-refractivity contribution < 1.29 is 9.59 Å². The predicted molar refractivity (Wildman–Crippen MR) is 116 cm³/mol. The molecular formula is C24H21ClN2O2. The van der Waals surface area contributed by atoms with Gasteiger partial charge in [0.05, 0.1) is 12.5 Å². The monoisotopic (exact) mass is 404 g/mol. The van der Waals surface area contributed by atoms with E-state index in [1.165, 1.54) is 0 Å². The minimum Gasteiger partial charge on any atom is -0.351 e. The SMILES string of the molecule is O=C(Cc1ccc(-c2ccccc2)cc1)NC1CC(=O)N(c2ccc(Cl)cc2)C1. The lowest BCUT2D eigenvalue weighted by atomic mass is 10.0. The number of nitrogens with one attached hydrogen (secondary N) is 1. The third-order valence-electron chi connectivity index (χ3n) is 5.05. The van der Waals surface area contributed by atoms with Gasteiger partial charge in [-0.2, -0.15) is 0 Å². The Morgan fingerprint density at radius 2 is 1.59 bits per heavy atom. The summed E-state index contributed by atoms with van der Waals surface area (Å²) < 4.78 is 0. The first kappa shape index (κ1) is 19.2. The van der Waals surface area contributed by atoms with Gasteiger partial charge in [0.15, 0.2) is 0 Å². The second kappa shape index (κ2) is 8.50. The third kappa shape index (κ3) is 4.66. The third-order valence-corrected chi connectivity index (χ3v) is 5.31. The van der Waals surface area contributed by atoms with E-state index in [0.717, 1.165) is 22.4 Å². The number of carbonyl (C=O) groups is 2. The molecule has 5 heteroatoms. The van der Waals surface area contributed by atoms with Gasteiger partial charge in [0.25, 0.3) is 0 Å². The smallest absolute Gasteiger partial charge is 0.229 e. The number of carbonyl (C=O) groups excluding carboxylic acids is 2. The zero-order valence-electron chi connectivity index (χ0n) is 15.8. The second-order valence-electron chi connectivity index (χ2n) is 7.19. The van der Waals surface area contributed by atoms with E-state index in [1.54, 1.807) is 17.0 Å². The summed E-state index contributed by atoms with van der Waals surface area (Å²) in [6.45, 7) is 0.471. The summed E-state index contributed by atoms with van der Waals surface area (Å²) in [6, 6.07) is 25.1. The maximum atomic E-state index is 12.5. The fraction of sp³-hybridized carbons (Fsp3) is 0.167. The molecule has 1 N–H and O–H groups in total. The number of hydrogen-bond acceptors (Lipinski definition) is 2. The summed E-state index contributed by atoms with van der Waals surface area (Å²) in [4.78, 5) is 26.5. The van der Waals surface area contributed by atoms with Gasteiger partial charge in [0.1, 0.15) is 0 Å².